The van der Waals surface area contributed by atoms with Gasteiger partial charge in [0.1, 0.15) is 0 Å². The third-order valence-corrected chi connectivity index (χ3v) is 3.47. The van der Waals surface area contributed by atoms with Crippen molar-refractivity contribution < 1.29 is 0 Å². The topological polar surface area (TPSA) is 12.4 Å². The van der Waals surface area contributed by atoms with Crippen molar-refractivity contribution in [2.75, 3.05) is 6.54 Å². The van der Waals surface area contributed by atoms with E-state index in [0.717, 1.165) is 34.7 Å². The molecular weight excluding hydrogens is 254 g/mol. The molecule has 0 aromatic heterocycles. The lowest BCUT2D eigenvalue weighted by Crippen LogP contribution is -2.23. The number of rotatable bonds is 9. The quantitative estimate of drug-likeness (QED) is 0.368. The summed E-state index contributed by atoms with van der Waals surface area (Å²) in [6.45, 7) is 15.0. The maximum Gasteiger partial charge on any atom is 0.0646 e. The number of benzene rings is 1. The molecule has 0 saturated carbocycles. The molecule has 0 fully saturated rings. The molecule has 0 radical (unpaired) electrons. The standard InChI is InChI=1S/C20H27N/c1-5-7-8-9-12-15-21-20(17(3)6-2)16-19-14-11-10-13-18(19)4/h6,10-11,13-14,16H,2-5,7-9,12,15H2,1H3/b19-16-,21-20?. The van der Waals surface area contributed by atoms with E-state index in [1.54, 1.807) is 6.08 Å². The van der Waals surface area contributed by atoms with Crippen molar-refractivity contribution in [1.29, 1.82) is 0 Å². The van der Waals surface area contributed by atoms with E-state index in [1.165, 1.54) is 25.7 Å². The zero-order chi connectivity index (χ0) is 15.5. The van der Waals surface area contributed by atoms with Crippen LogP contribution in [0.5, 0.6) is 0 Å². The lowest BCUT2D eigenvalue weighted by atomic mass is 10.1. The molecule has 1 heteroatoms. The molecule has 0 N–H and O–H groups in total. The zero-order valence-electron chi connectivity index (χ0n) is 13.3. The van der Waals surface area contributed by atoms with Gasteiger partial charge in [0.05, 0.1) is 5.71 Å². The van der Waals surface area contributed by atoms with E-state index in [9.17, 15) is 0 Å². The molecule has 1 aromatic carbocycles. The Morgan fingerprint density at radius 1 is 1.14 bits per heavy atom. The first-order valence-electron chi connectivity index (χ1n) is 7.81. The Bertz CT molecular complexity index is 593. The maximum atomic E-state index is 4.69. The summed E-state index contributed by atoms with van der Waals surface area (Å²) in [6, 6.07) is 8.06. The van der Waals surface area contributed by atoms with Gasteiger partial charge in [0.25, 0.3) is 0 Å². The molecule has 0 aliphatic heterocycles. The number of allylic oxidation sites excluding steroid dienone is 2. The van der Waals surface area contributed by atoms with E-state index in [4.69, 9.17) is 4.99 Å². The summed E-state index contributed by atoms with van der Waals surface area (Å²) in [4.78, 5) is 4.69. The monoisotopic (exact) mass is 281 g/mol. The van der Waals surface area contributed by atoms with Gasteiger partial charge in [-0.2, -0.15) is 0 Å². The Labute approximate surface area is 129 Å². The molecule has 0 aliphatic carbocycles. The van der Waals surface area contributed by atoms with Crippen molar-refractivity contribution in [3.8, 4) is 0 Å². The van der Waals surface area contributed by atoms with Crippen molar-refractivity contribution in [2.24, 2.45) is 4.99 Å². The SMILES string of the molecule is C=CC(=C)C(/C=c1/ccccc1=C)=NCCCCCCC. The third-order valence-electron chi connectivity index (χ3n) is 3.47. The molecule has 0 heterocycles. The van der Waals surface area contributed by atoms with Gasteiger partial charge < -0.3 is 0 Å². The van der Waals surface area contributed by atoms with Crippen LogP contribution in [0.3, 0.4) is 0 Å². The van der Waals surface area contributed by atoms with Crippen molar-refractivity contribution >= 4 is 18.4 Å². The van der Waals surface area contributed by atoms with Crippen LogP contribution in [-0.2, 0) is 0 Å². The largest absolute Gasteiger partial charge is 0.285 e. The molecule has 0 atom stereocenters. The number of hydrogen-bond acceptors (Lipinski definition) is 1. The van der Waals surface area contributed by atoms with Crippen molar-refractivity contribution in [1.82, 2.24) is 0 Å². The van der Waals surface area contributed by atoms with Crippen LogP contribution in [0, 0.1) is 0 Å². The van der Waals surface area contributed by atoms with Gasteiger partial charge in [0.2, 0.25) is 0 Å². The van der Waals surface area contributed by atoms with E-state index < -0.39 is 0 Å². The minimum atomic E-state index is 0.849. The minimum absolute atomic E-state index is 0.849. The van der Waals surface area contributed by atoms with E-state index in [2.05, 4.69) is 38.8 Å². The summed E-state index contributed by atoms with van der Waals surface area (Å²) in [7, 11) is 0. The second-order valence-electron chi connectivity index (χ2n) is 5.25. The zero-order valence-corrected chi connectivity index (χ0v) is 13.3. The highest BCUT2D eigenvalue weighted by molar-refractivity contribution is 6.21. The van der Waals surface area contributed by atoms with Crippen LogP contribution in [0.1, 0.15) is 39.0 Å². The van der Waals surface area contributed by atoms with Crippen molar-refractivity contribution in [2.45, 2.75) is 39.0 Å². The molecule has 0 spiro atoms. The fraction of sp³-hybridized carbons (Fsp3) is 0.350. The second-order valence-corrected chi connectivity index (χ2v) is 5.25. The minimum Gasteiger partial charge on any atom is -0.285 e. The Morgan fingerprint density at radius 3 is 2.52 bits per heavy atom. The number of unbranched alkanes of at least 4 members (excludes halogenated alkanes) is 4. The van der Waals surface area contributed by atoms with Crippen molar-refractivity contribution in [3.05, 3.63) is 59.5 Å². The summed E-state index contributed by atoms with van der Waals surface area (Å²) >= 11 is 0. The van der Waals surface area contributed by atoms with Gasteiger partial charge >= 0.3 is 0 Å². The molecule has 0 aliphatic rings. The average molecular weight is 281 g/mol. The number of nitrogens with zero attached hydrogens (tertiary/aromatic N) is 1. The van der Waals surface area contributed by atoms with Crippen LogP contribution in [0.2, 0.25) is 0 Å². The Balaban J connectivity index is 2.80. The van der Waals surface area contributed by atoms with E-state index in [1.807, 2.05) is 18.2 Å². The smallest absolute Gasteiger partial charge is 0.0646 e. The van der Waals surface area contributed by atoms with Crippen LogP contribution in [0.4, 0.5) is 0 Å². The molecule has 1 aromatic rings. The summed E-state index contributed by atoms with van der Waals surface area (Å²) in [5, 5.41) is 2.09. The average Bonchev–Trinajstić information content (AvgIpc) is 2.50. The molecule has 0 saturated heterocycles. The predicted molar refractivity (Wildman–Crippen MR) is 96.1 cm³/mol. The van der Waals surface area contributed by atoms with Gasteiger partial charge in [-0.15, -0.1) is 0 Å². The Morgan fingerprint density at radius 2 is 1.86 bits per heavy atom. The lowest BCUT2D eigenvalue weighted by molar-refractivity contribution is 0.639. The third kappa shape index (κ3) is 6.40. The van der Waals surface area contributed by atoms with Gasteiger partial charge in [-0.25, -0.2) is 0 Å². The molecule has 0 amide bonds. The number of aliphatic imine (C=N–C) groups is 1. The predicted octanol–water partition coefficient (Wildman–Crippen LogP) is 4.03. The first-order chi connectivity index (χ1) is 10.2. The van der Waals surface area contributed by atoms with Gasteiger partial charge in [-0.05, 0) is 28.5 Å². The first kappa shape index (κ1) is 17.2. The van der Waals surface area contributed by atoms with Crippen LogP contribution in [0.25, 0.3) is 12.7 Å². The van der Waals surface area contributed by atoms with E-state index in [-0.39, 0.29) is 0 Å². The molecule has 112 valence electrons. The van der Waals surface area contributed by atoms with Crippen LogP contribution >= 0.6 is 0 Å². The van der Waals surface area contributed by atoms with Gasteiger partial charge in [0, 0.05) is 6.54 Å². The van der Waals surface area contributed by atoms with Crippen LogP contribution < -0.4 is 10.4 Å². The maximum absolute atomic E-state index is 4.69. The summed E-state index contributed by atoms with van der Waals surface area (Å²) in [5.74, 6) is 0. The van der Waals surface area contributed by atoms with E-state index >= 15 is 0 Å². The summed E-state index contributed by atoms with van der Waals surface area (Å²) in [6.07, 6.45) is 10.1. The van der Waals surface area contributed by atoms with Gasteiger partial charge in [-0.3, -0.25) is 4.99 Å². The highest BCUT2D eigenvalue weighted by Crippen LogP contribution is 2.04. The highest BCUT2D eigenvalue weighted by atomic mass is 14.7. The lowest BCUT2D eigenvalue weighted by Gasteiger charge is -2.02. The normalized spacial score (nSPS) is 12.4. The molecular formula is C20H27N. The second kappa shape index (κ2) is 9.93. The molecule has 21 heavy (non-hydrogen) atoms. The molecule has 1 nitrogen and oxygen atoms in total. The van der Waals surface area contributed by atoms with Crippen LogP contribution in [0.15, 0.2) is 54.1 Å². The fourth-order valence-electron chi connectivity index (χ4n) is 2.08. The molecule has 1 rings (SSSR count). The Hall–Kier alpha value is -1.89. The summed E-state index contributed by atoms with van der Waals surface area (Å²) < 4.78 is 0. The van der Waals surface area contributed by atoms with Gasteiger partial charge in [-0.1, -0.05) is 82.7 Å². The highest BCUT2D eigenvalue weighted by Gasteiger charge is 1.98. The Kier molecular flexibility index (Phi) is 8.11. The van der Waals surface area contributed by atoms with Gasteiger partial charge in [0.15, 0.2) is 0 Å². The molecule has 0 bridgehead atoms. The van der Waals surface area contributed by atoms with E-state index in [0.29, 0.717) is 0 Å². The fourth-order valence-corrected chi connectivity index (χ4v) is 2.08. The molecule has 0 unspecified atom stereocenters. The first-order valence-corrected chi connectivity index (χ1v) is 7.81. The summed E-state index contributed by atoms with van der Waals surface area (Å²) in [5.41, 5.74) is 1.78. The number of hydrogen-bond donors (Lipinski definition) is 0. The van der Waals surface area contributed by atoms with Crippen molar-refractivity contribution in [3.63, 3.8) is 0 Å². The van der Waals surface area contributed by atoms with Crippen LogP contribution in [-0.4, -0.2) is 12.3 Å².